The van der Waals surface area contributed by atoms with Gasteiger partial charge in [0.15, 0.2) is 0 Å². The van der Waals surface area contributed by atoms with Crippen LogP contribution in [-0.4, -0.2) is 33.6 Å². The number of Topliss-reactive ketones (excluding diaryl/α,β-unsaturated/α-hetero) is 1. The number of halogens is 3. The van der Waals surface area contributed by atoms with E-state index < -0.39 is 16.9 Å². The summed E-state index contributed by atoms with van der Waals surface area (Å²) in [5.41, 5.74) is 0.111. The Morgan fingerprint density at radius 1 is 1.22 bits per heavy atom. The highest BCUT2D eigenvalue weighted by atomic mass is 35.5. The number of nitrogens with zero attached hydrogens (tertiary/aromatic N) is 2. The molecule has 2 N–H and O–H groups in total. The summed E-state index contributed by atoms with van der Waals surface area (Å²) >= 11 is 12.2. The number of hydrogen-bond donors (Lipinski definition) is 2. The Labute approximate surface area is 193 Å². The molecule has 0 spiro atoms. The van der Waals surface area contributed by atoms with E-state index in [9.17, 15) is 9.59 Å². The second-order valence-corrected chi connectivity index (χ2v) is 9.44. The van der Waals surface area contributed by atoms with Crippen LogP contribution < -0.4 is 11.0 Å². The summed E-state index contributed by atoms with van der Waals surface area (Å²) in [5.74, 6) is 0.0705. The number of H-pyrrole nitrogens is 1. The lowest BCUT2D eigenvalue weighted by molar-refractivity contribution is -0.129. The zero-order valence-corrected chi connectivity index (χ0v) is 18.6. The number of ketones is 1. The van der Waals surface area contributed by atoms with Gasteiger partial charge in [-0.05, 0) is 55.6 Å². The smallest absolute Gasteiger partial charge is 0.316 e. The predicted octanol–water partition coefficient (Wildman–Crippen LogP) is 4.17. The van der Waals surface area contributed by atoms with Gasteiger partial charge in [-0.1, -0.05) is 35.3 Å². The van der Waals surface area contributed by atoms with E-state index in [0.717, 1.165) is 19.4 Å². The van der Waals surface area contributed by atoms with Gasteiger partial charge < -0.3 is 5.32 Å². The standard InChI is InChI=1S/C23H21Cl2FN4O2/c24-15-4-5-16(17(25)10-15)14-3-6-19(18(26)9-14)30-20(28-29-22(30)32)11-23(7-8-27-12-23)21(31)13-1-2-13/h3-6,9-10,13,27H,1-2,7-8,11-12H2,(H,29,32)/t23-/m0/s1. The highest BCUT2D eigenvalue weighted by Crippen LogP contribution is 2.42. The summed E-state index contributed by atoms with van der Waals surface area (Å²) in [6.07, 6.45) is 2.78. The molecule has 32 heavy (non-hydrogen) atoms. The summed E-state index contributed by atoms with van der Waals surface area (Å²) in [7, 11) is 0. The Bertz CT molecular complexity index is 1260. The monoisotopic (exact) mass is 474 g/mol. The second-order valence-electron chi connectivity index (χ2n) is 8.59. The van der Waals surface area contributed by atoms with Gasteiger partial charge in [-0.25, -0.2) is 18.9 Å². The van der Waals surface area contributed by atoms with Gasteiger partial charge in [0.1, 0.15) is 17.4 Å². The molecule has 0 bridgehead atoms. The van der Waals surface area contributed by atoms with Crippen LogP contribution >= 0.6 is 23.2 Å². The largest absolute Gasteiger partial charge is 0.348 e. The Morgan fingerprint density at radius 2 is 2.03 bits per heavy atom. The minimum absolute atomic E-state index is 0.0764. The van der Waals surface area contributed by atoms with Gasteiger partial charge in [0.25, 0.3) is 0 Å². The van der Waals surface area contributed by atoms with E-state index in [0.29, 0.717) is 40.0 Å². The van der Waals surface area contributed by atoms with Crippen LogP contribution in [0.5, 0.6) is 0 Å². The van der Waals surface area contributed by atoms with Gasteiger partial charge in [0.2, 0.25) is 0 Å². The van der Waals surface area contributed by atoms with Gasteiger partial charge in [-0.15, -0.1) is 0 Å². The first kappa shape index (κ1) is 21.4. The van der Waals surface area contributed by atoms with Crippen molar-refractivity contribution in [2.45, 2.75) is 25.7 Å². The van der Waals surface area contributed by atoms with Gasteiger partial charge >= 0.3 is 5.69 Å². The van der Waals surface area contributed by atoms with E-state index in [1.807, 2.05) is 0 Å². The van der Waals surface area contributed by atoms with E-state index in [1.165, 1.54) is 16.7 Å². The van der Waals surface area contributed by atoms with E-state index in [1.54, 1.807) is 24.3 Å². The van der Waals surface area contributed by atoms with Crippen molar-refractivity contribution in [3.05, 3.63) is 68.6 Å². The first-order valence-corrected chi connectivity index (χ1v) is 11.3. The molecular weight excluding hydrogens is 454 g/mol. The van der Waals surface area contributed by atoms with Crippen molar-refractivity contribution in [2.24, 2.45) is 11.3 Å². The van der Waals surface area contributed by atoms with E-state index in [4.69, 9.17) is 23.2 Å². The average Bonchev–Trinajstić information content (AvgIpc) is 3.40. The van der Waals surface area contributed by atoms with Crippen molar-refractivity contribution >= 4 is 29.0 Å². The fourth-order valence-corrected chi connectivity index (χ4v) is 5.07. The first-order valence-electron chi connectivity index (χ1n) is 10.5. The number of carbonyl (C=O) groups excluding carboxylic acids is 1. The molecule has 1 saturated carbocycles. The summed E-state index contributed by atoms with van der Waals surface area (Å²) in [5, 5.41) is 10.7. The average molecular weight is 475 g/mol. The highest BCUT2D eigenvalue weighted by molar-refractivity contribution is 6.36. The first-order chi connectivity index (χ1) is 15.4. The van der Waals surface area contributed by atoms with E-state index >= 15 is 4.39 Å². The molecule has 0 unspecified atom stereocenters. The lowest BCUT2D eigenvalue weighted by Crippen LogP contribution is -2.38. The number of nitrogens with one attached hydrogen (secondary N) is 2. The molecule has 2 aliphatic rings. The third-order valence-electron chi connectivity index (χ3n) is 6.38. The normalized spacial score (nSPS) is 20.6. The van der Waals surface area contributed by atoms with Crippen molar-refractivity contribution in [3.8, 4) is 16.8 Å². The molecular formula is C23H21Cl2FN4O2. The number of rotatable bonds is 6. The lowest BCUT2D eigenvalue weighted by atomic mass is 9.77. The van der Waals surface area contributed by atoms with Crippen LogP contribution in [0.15, 0.2) is 41.2 Å². The van der Waals surface area contributed by atoms with E-state index in [2.05, 4.69) is 15.5 Å². The minimum Gasteiger partial charge on any atom is -0.316 e. The topological polar surface area (TPSA) is 79.8 Å². The van der Waals surface area contributed by atoms with Crippen molar-refractivity contribution < 1.29 is 9.18 Å². The minimum atomic E-state index is -0.613. The number of hydrogen-bond acceptors (Lipinski definition) is 4. The quantitative estimate of drug-likeness (QED) is 0.561. The van der Waals surface area contributed by atoms with Gasteiger partial charge in [0, 0.05) is 39.9 Å². The van der Waals surface area contributed by atoms with Crippen molar-refractivity contribution in [3.63, 3.8) is 0 Å². The Kier molecular flexibility index (Phi) is 5.43. The summed E-state index contributed by atoms with van der Waals surface area (Å²) in [6.45, 7) is 1.28. The van der Waals surface area contributed by atoms with E-state index in [-0.39, 0.29) is 23.8 Å². The Balaban J connectivity index is 1.51. The zero-order chi connectivity index (χ0) is 22.5. The van der Waals surface area contributed by atoms with Crippen molar-refractivity contribution in [2.75, 3.05) is 13.1 Å². The van der Waals surface area contributed by atoms with Crippen LogP contribution in [0.2, 0.25) is 10.0 Å². The maximum Gasteiger partial charge on any atom is 0.348 e. The fourth-order valence-electron chi connectivity index (χ4n) is 4.55. The maximum atomic E-state index is 15.2. The van der Waals surface area contributed by atoms with Gasteiger partial charge in [0.05, 0.1) is 5.69 Å². The SMILES string of the molecule is O=C(C1CC1)[C@]1(Cc2n[nH]c(=O)n2-c2ccc(-c3ccc(Cl)cc3Cl)cc2F)CCNC1. The number of carbonyl (C=O) groups is 1. The molecule has 2 heterocycles. The molecule has 2 aromatic carbocycles. The molecule has 1 aliphatic heterocycles. The molecule has 3 aromatic rings. The Morgan fingerprint density at radius 3 is 2.69 bits per heavy atom. The molecule has 9 heteroatoms. The zero-order valence-electron chi connectivity index (χ0n) is 17.1. The molecule has 1 aliphatic carbocycles. The summed E-state index contributed by atoms with van der Waals surface area (Å²) in [4.78, 5) is 25.6. The fraction of sp³-hybridized carbons (Fsp3) is 0.348. The molecule has 2 fully saturated rings. The second kappa shape index (κ2) is 8.14. The van der Waals surface area contributed by atoms with Crippen LogP contribution in [0.1, 0.15) is 25.1 Å². The van der Waals surface area contributed by atoms with Crippen molar-refractivity contribution in [1.82, 2.24) is 20.1 Å². The number of benzene rings is 2. The molecule has 6 nitrogen and oxygen atoms in total. The maximum absolute atomic E-state index is 15.2. The molecule has 1 atom stereocenters. The van der Waals surface area contributed by atoms with Gasteiger partial charge in [-0.2, -0.15) is 5.10 Å². The molecule has 166 valence electrons. The molecule has 5 rings (SSSR count). The van der Waals surface area contributed by atoms with Crippen LogP contribution in [0.3, 0.4) is 0 Å². The van der Waals surface area contributed by atoms with Gasteiger partial charge in [-0.3, -0.25) is 4.79 Å². The highest BCUT2D eigenvalue weighted by Gasteiger charge is 2.48. The lowest BCUT2D eigenvalue weighted by Gasteiger charge is -2.26. The Hall–Kier alpha value is -2.48. The molecule has 0 amide bonds. The third kappa shape index (κ3) is 3.78. The summed E-state index contributed by atoms with van der Waals surface area (Å²) in [6, 6.07) is 9.54. The molecule has 1 aromatic heterocycles. The molecule has 1 saturated heterocycles. The number of aromatic nitrogens is 3. The predicted molar refractivity (Wildman–Crippen MR) is 121 cm³/mol. The van der Waals surface area contributed by atoms with Crippen molar-refractivity contribution in [1.29, 1.82) is 0 Å². The van der Waals surface area contributed by atoms with Crippen LogP contribution in [-0.2, 0) is 11.2 Å². The van der Waals surface area contributed by atoms with Crippen LogP contribution in [0.25, 0.3) is 16.8 Å². The summed E-state index contributed by atoms with van der Waals surface area (Å²) < 4.78 is 16.5. The third-order valence-corrected chi connectivity index (χ3v) is 6.93. The molecule has 0 radical (unpaired) electrons. The van der Waals surface area contributed by atoms with Crippen LogP contribution in [0, 0.1) is 17.2 Å². The van der Waals surface area contributed by atoms with Crippen LogP contribution in [0.4, 0.5) is 4.39 Å². The number of aromatic amines is 1.